The summed E-state index contributed by atoms with van der Waals surface area (Å²) in [5, 5.41) is 2.89. The predicted molar refractivity (Wildman–Crippen MR) is 75.5 cm³/mol. The van der Waals surface area contributed by atoms with Crippen LogP contribution in [0.15, 0.2) is 24.3 Å². The maximum Gasteiger partial charge on any atom is 0.258 e. The number of ether oxygens (including phenoxy) is 1. The highest BCUT2D eigenvalue weighted by Crippen LogP contribution is 2.12. The predicted octanol–water partition coefficient (Wildman–Crippen LogP) is 1.11. The van der Waals surface area contributed by atoms with Gasteiger partial charge in [-0.2, -0.15) is 0 Å². The van der Waals surface area contributed by atoms with Crippen molar-refractivity contribution in [1.82, 2.24) is 10.2 Å². The minimum atomic E-state index is -0.152. The molecule has 5 nitrogen and oxygen atoms in total. The zero-order valence-electron chi connectivity index (χ0n) is 11.9. The van der Waals surface area contributed by atoms with E-state index >= 15 is 0 Å². The van der Waals surface area contributed by atoms with E-state index in [1.165, 1.54) is 0 Å². The van der Waals surface area contributed by atoms with Gasteiger partial charge >= 0.3 is 0 Å². The lowest BCUT2D eigenvalue weighted by Gasteiger charge is -2.15. The van der Waals surface area contributed by atoms with Gasteiger partial charge in [0.15, 0.2) is 6.61 Å². The number of benzene rings is 1. The highest BCUT2D eigenvalue weighted by molar-refractivity contribution is 5.78. The molecular weight excluding hydrogens is 256 g/mol. The molecule has 1 aliphatic rings. The SMILES string of the molecule is CC(=O)N1CCC(NC(=O)COc2ccc(C)cc2)C1. The molecule has 0 aromatic heterocycles. The lowest BCUT2D eigenvalue weighted by atomic mass is 10.2. The Balaban J connectivity index is 1.73. The van der Waals surface area contributed by atoms with Crippen LogP contribution in [0.4, 0.5) is 0 Å². The summed E-state index contributed by atoms with van der Waals surface area (Å²) in [6, 6.07) is 7.60. The minimum absolute atomic E-state index is 0.000365. The second-order valence-electron chi connectivity index (χ2n) is 5.12. The van der Waals surface area contributed by atoms with Crippen LogP contribution in [0.25, 0.3) is 0 Å². The molecule has 1 atom stereocenters. The second-order valence-corrected chi connectivity index (χ2v) is 5.12. The molecule has 1 aliphatic heterocycles. The number of hydrogen-bond donors (Lipinski definition) is 1. The fraction of sp³-hybridized carbons (Fsp3) is 0.467. The highest BCUT2D eigenvalue weighted by Gasteiger charge is 2.25. The van der Waals surface area contributed by atoms with Gasteiger partial charge in [0.2, 0.25) is 5.91 Å². The number of carbonyl (C=O) groups is 2. The Morgan fingerprint density at radius 2 is 2.05 bits per heavy atom. The lowest BCUT2D eigenvalue weighted by molar-refractivity contribution is -0.128. The molecule has 1 heterocycles. The number of amides is 2. The first-order valence-electron chi connectivity index (χ1n) is 6.79. The van der Waals surface area contributed by atoms with Gasteiger partial charge < -0.3 is 15.0 Å². The van der Waals surface area contributed by atoms with Crippen LogP contribution in [-0.2, 0) is 9.59 Å². The van der Waals surface area contributed by atoms with Gasteiger partial charge in [0.05, 0.1) is 0 Å². The summed E-state index contributed by atoms with van der Waals surface area (Å²) in [6.45, 7) is 4.84. The van der Waals surface area contributed by atoms with Crippen molar-refractivity contribution in [3.05, 3.63) is 29.8 Å². The summed E-state index contributed by atoms with van der Waals surface area (Å²) in [4.78, 5) is 24.7. The summed E-state index contributed by atoms with van der Waals surface area (Å²) >= 11 is 0. The molecule has 1 aromatic rings. The Labute approximate surface area is 118 Å². The first kappa shape index (κ1) is 14.4. The number of rotatable bonds is 4. The Morgan fingerprint density at radius 3 is 2.65 bits per heavy atom. The average Bonchev–Trinajstić information content (AvgIpc) is 2.87. The molecule has 2 rings (SSSR count). The van der Waals surface area contributed by atoms with Gasteiger partial charge in [0.1, 0.15) is 5.75 Å². The van der Waals surface area contributed by atoms with Crippen molar-refractivity contribution in [2.75, 3.05) is 19.7 Å². The maximum absolute atomic E-state index is 11.8. The third kappa shape index (κ3) is 3.98. The first-order chi connectivity index (χ1) is 9.54. The molecule has 1 N–H and O–H groups in total. The summed E-state index contributed by atoms with van der Waals surface area (Å²) in [7, 11) is 0. The van der Waals surface area contributed by atoms with Gasteiger partial charge in [-0.1, -0.05) is 17.7 Å². The summed E-state index contributed by atoms with van der Waals surface area (Å²) < 4.78 is 5.41. The topological polar surface area (TPSA) is 58.6 Å². The zero-order valence-corrected chi connectivity index (χ0v) is 11.9. The van der Waals surface area contributed by atoms with Crippen LogP contribution < -0.4 is 10.1 Å². The van der Waals surface area contributed by atoms with Crippen molar-refractivity contribution in [3.8, 4) is 5.75 Å². The molecule has 0 spiro atoms. The van der Waals surface area contributed by atoms with E-state index in [9.17, 15) is 9.59 Å². The summed E-state index contributed by atoms with van der Waals surface area (Å²) in [5.74, 6) is 0.584. The lowest BCUT2D eigenvalue weighted by Crippen LogP contribution is -2.40. The normalized spacial score (nSPS) is 17.9. The molecular formula is C15H20N2O3. The summed E-state index contributed by atoms with van der Waals surface area (Å²) in [5.41, 5.74) is 1.15. The van der Waals surface area contributed by atoms with Gasteiger partial charge in [-0.15, -0.1) is 0 Å². The van der Waals surface area contributed by atoms with E-state index in [4.69, 9.17) is 4.74 Å². The smallest absolute Gasteiger partial charge is 0.258 e. The van der Waals surface area contributed by atoms with Gasteiger partial charge in [-0.3, -0.25) is 9.59 Å². The summed E-state index contributed by atoms with van der Waals surface area (Å²) in [6.07, 6.45) is 0.801. The molecule has 1 aromatic carbocycles. The number of hydrogen-bond acceptors (Lipinski definition) is 3. The number of nitrogens with zero attached hydrogens (tertiary/aromatic N) is 1. The molecule has 0 radical (unpaired) electrons. The molecule has 108 valence electrons. The quantitative estimate of drug-likeness (QED) is 0.896. The fourth-order valence-electron chi connectivity index (χ4n) is 2.22. The van der Waals surface area contributed by atoms with Crippen molar-refractivity contribution in [2.45, 2.75) is 26.3 Å². The van der Waals surface area contributed by atoms with Crippen LogP contribution in [0.2, 0.25) is 0 Å². The molecule has 2 amide bonds. The van der Waals surface area contributed by atoms with E-state index in [1.54, 1.807) is 11.8 Å². The van der Waals surface area contributed by atoms with Crippen LogP contribution in [-0.4, -0.2) is 42.5 Å². The number of aryl methyl sites for hydroxylation is 1. The molecule has 20 heavy (non-hydrogen) atoms. The fourth-order valence-corrected chi connectivity index (χ4v) is 2.22. The van der Waals surface area contributed by atoms with E-state index in [0.717, 1.165) is 12.0 Å². The molecule has 0 aliphatic carbocycles. The Hall–Kier alpha value is -2.04. The minimum Gasteiger partial charge on any atom is -0.484 e. The Kier molecular flexibility index (Phi) is 4.61. The van der Waals surface area contributed by atoms with Crippen molar-refractivity contribution in [3.63, 3.8) is 0 Å². The van der Waals surface area contributed by atoms with Gasteiger partial charge in [-0.05, 0) is 25.5 Å². The van der Waals surface area contributed by atoms with E-state index in [-0.39, 0.29) is 24.5 Å². The number of carbonyl (C=O) groups excluding carboxylic acids is 2. The number of nitrogens with one attached hydrogen (secondary N) is 1. The Bertz CT molecular complexity index is 484. The van der Waals surface area contributed by atoms with Gasteiger partial charge in [0.25, 0.3) is 5.91 Å². The standard InChI is InChI=1S/C15H20N2O3/c1-11-3-5-14(6-4-11)20-10-15(19)16-13-7-8-17(9-13)12(2)18/h3-6,13H,7-10H2,1-2H3,(H,16,19). The van der Waals surface area contributed by atoms with Crippen molar-refractivity contribution < 1.29 is 14.3 Å². The monoisotopic (exact) mass is 276 g/mol. The third-order valence-corrected chi connectivity index (χ3v) is 3.39. The maximum atomic E-state index is 11.8. The van der Waals surface area contributed by atoms with E-state index in [0.29, 0.717) is 18.8 Å². The first-order valence-corrected chi connectivity index (χ1v) is 6.79. The van der Waals surface area contributed by atoms with Crippen molar-refractivity contribution in [1.29, 1.82) is 0 Å². The third-order valence-electron chi connectivity index (χ3n) is 3.39. The molecule has 1 unspecified atom stereocenters. The average molecular weight is 276 g/mol. The molecule has 0 saturated carbocycles. The Morgan fingerprint density at radius 1 is 1.35 bits per heavy atom. The highest BCUT2D eigenvalue weighted by atomic mass is 16.5. The van der Waals surface area contributed by atoms with E-state index in [2.05, 4.69) is 5.32 Å². The van der Waals surface area contributed by atoms with Crippen LogP contribution in [0.5, 0.6) is 5.75 Å². The van der Waals surface area contributed by atoms with Crippen molar-refractivity contribution >= 4 is 11.8 Å². The van der Waals surface area contributed by atoms with Crippen molar-refractivity contribution in [2.24, 2.45) is 0 Å². The molecule has 0 bridgehead atoms. The van der Waals surface area contributed by atoms with Gasteiger partial charge in [-0.25, -0.2) is 0 Å². The molecule has 1 fully saturated rings. The zero-order chi connectivity index (χ0) is 14.5. The van der Waals surface area contributed by atoms with E-state index in [1.807, 2.05) is 31.2 Å². The second kappa shape index (κ2) is 6.41. The molecule has 1 saturated heterocycles. The largest absolute Gasteiger partial charge is 0.484 e. The van der Waals surface area contributed by atoms with Crippen LogP contribution in [0.3, 0.4) is 0 Å². The van der Waals surface area contributed by atoms with Crippen LogP contribution >= 0.6 is 0 Å². The van der Waals surface area contributed by atoms with Crippen LogP contribution in [0, 0.1) is 6.92 Å². The van der Waals surface area contributed by atoms with E-state index < -0.39 is 0 Å². The van der Waals surface area contributed by atoms with Crippen LogP contribution in [0.1, 0.15) is 18.9 Å². The number of likely N-dealkylation sites (tertiary alicyclic amines) is 1. The van der Waals surface area contributed by atoms with Gasteiger partial charge in [0, 0.05) is 26.1 Å². The molecule has 5 heteroatoms.